The standard InChI is InChI=1S/C13H18O/c1-13(2,14)11-7-6-10-12-8-4-3-5-9-12/h3-5,7-9,11,14H,6,10H2,1-2H3/b11-7+. The van der Waals surface area contributed by atoms with Gasteiger partial charge in [0.05, 0.1) is 5.60 Å². The molecule has 14 heavy (non-hydrogen) atoms. The quantitative estimate of drug-likeness (QED) is 0.724. The van der Waals surface area contributed by atoms with Crippen LogP contribution in [0.2, 0.25) is 0 Å². The zero-order valence-corrected chi connectivity index (χ0v) is 8.90. The molecule has 0 unspecified atom stereocenters. The number of allylic oxidation sites excluding steroid dienone is 1. The van der Waals surface area contributed by atoms with Crippen LogP contribution in [0.3, 0.4) is 0 Å². The van der Waals surface area contributed by atoms with E-state index in [4.69, 9.17) is 0 Å². The van der Waals surface area contributed by atoms with Gasteiger partial charge in [-0.3, -0.25) is 0 Å². The van der Waals surface area contributed by atoms with Crippen molar-refractivity contribution < 1.29 is 5.11 Å². The molecule has 0 aliphatic heterocycles. The van der Waals surface area contributed by atoms with Crippen molar-refractivity contribution in [1.29, 1.82) is 0 Å². The second kappa shape index (κ2) is 4.97. The van der Waals surface area contributed by atoms with E-state index in [1.165, 1.54) is 5.56 Å². The molecule has 0 aliphatic rings. The van der Waals surface area contributed by atoms with Crippen LogP contribution in [0.1, 0.15) is 25.8 Å². The van der Waals surface area contributed by atoms with Crippen LogP contribution in [0.5, 0.6) is 0 Å². The molecular formula is C13H18O. The molecule has 76 valence electrons. The van der Waals surface area contributed by atoms with Gasteiger partial charge in [-0.2, -0.15) is 0 Å². The fourth-order valence-corrected chi connectivity index (χ4v) is 1.27. The van der Waals surface area contributed by atoms with Gasteiger partial charge in [0, 0.05) is 0 Å². The summed E-state index contributed by atoms with van der Waals surface area (Å²) in [4.78, 5) is 0. The second-order valence-electron chi connectivity index (χ2n) is 4.08. The van der Waals surface area contributed by atoms with Crippen LogP contribution in [0.15, 0.2) is 42.5 Å². The van der Waals surface area contributed by atoms with Gasteiger partial charge in [0.2, 0.25) is 0 Å². The molecule has 0 aromatic heterocycles. The first-order valence-corrected chi connectivity index (χ1v) is 5.02. The van der Waals surface area contributed by atoms with E-state index in [2.05, 4.69) is 24.3 Å². The third-order valence-corrected chi connectivity index (χ3v) is 1.97. The number of rotatable bonds is 4. The van der Waals surface area contributed by atoms with E-state index < -0.39 is 5.60 Å². The first-order valence-electron chi connectivity index (χ1n) is 5.02. The predicted molar refractivity (Wildman–Crippen MR) is 60.2 cm³/mol. The van der Waals surface area contributed by atoms with E-state index in [1.807, 2.05) is 18.2 Å². The summed E-state index contributed by atoms with van der Waals surface area (Å²) >= 11 is 0. The highest BCUT2D eigenvalue weighted by Gasteiger charge is 2.04. The Hall–Kier alpha value is -1.08. The second-order valence-corrected chi connectivity index (χ2v) is 4.08. The maximum atomic E-state index is 9.43. The molecule has 0 aliphatic carbocycles. The molecular weight excluding hydrogens is 172 g/mol. The molecule has 1 aromatic rings. The summed E-state index contributed by atoms with van der Waals surface area (Å²) in [5.41, 5.74) is 0.657. The lowest BCUT2D eigenvalue weighted by atomic mass is 10.1. The molecule has 0 heterocycles. The molecule has 0 saturated carbocycles. The van der Waals surface area contributed by atoms with Crippen LogP contribution < -0.4 is 0 Å². The smallest absolute Gasteiger partial charge is 0.0771 e. The predicted octanol–water partition coefficient (Wildman–Crippen LogP) is 2.95. The Morgan fingerprint density at radius 3 is 2.43 bits per heavy atom. The summed E-state index contributed by atoms with van der Waals surface area (Å²) in [6, 6.07) is 10.4. The fourth-order valence-electron chi connectivity index (χ4n) is 1.27. The Kier molecular flexibility index (Phi) is 3.90. The molecule has 0 amide bonds. The Morgan fingerprint density at radius 2 is 1.86 bits per heavy atom. The van der Waals surface area contributed by atoms with E-state index in [0.717, 1.165) is 12.8 Å². The fraction of sp³-hybridized carbons (Fsp3) is 0.385. The zero-order chi connectivity index (χ0) is 10.4. The molecule has 0 spiro atoms. The molecule has 1 rings (SSSR count). The highest BCUT2D eigenvalue weighted by molar-refractivity contribution is 5.15. The first-order chi connectivity index (χ1) is 6.58. The lowest BCUT2D eigenvalue weighted by molar-refractivity contribution is 0.133. The maximum Gasteiger partial charge on any atom is 0.0771 e. The molecule has 1 aromatic carbocycles. The minimum atomic E-state index is -0.684. The molecule has 1 N–H and O–H groups in total. The summed E-state index contributed by atoms with van der Waals surface area (Å²) in [7, 11) is 0. The SMILES string of the molecule is CC(C)(O)/C=C/CCc1ccccc1. The molecule has 1 heteroatoms. The van der Waals surface area contributed by atoms with Gasteiger partial charge in [0.25, 0.3) is 0 Å². The highest BCUT2D eigenvalue weighted by Crippen LogP contribution is 2.06. The summed E-state index contributed by atoms with van der Waals surface area (Å²) in [5, 5.41) is 9.43. The summed E-state index contributed by atoms with van der Waals surface area (Å²) in [6.45, 7) is 3.57. The van der Waals surface area contributed by atoms with Gasteiger partial charge in [0.1, 0.15) is 0 Å². The monoisotopic (exact) mass is 190 g/mol. The van der Waals surface area contributed by atoms with Crippen LogP contribution in [-0.4, -0.2) is 10.7 Å². The largest absolute Gasteiger partial charge is 0.386 e. The topological polar surface area (TPSA) is 20.2 Å². The Bertz CT molecular complexity index is 280. The lowest BCUT2D eigenvalue weighted by Crippen LogP contribution is -2.13. The summed E-state index contributed by atoms with van der Waals surface area (Å²) in [5.74, 6) is 0. The van der Waals surface area contributed by atoms with Gasteiger partial charge in [-0.05, 0) is 32.3 Å². The van der Waals surface area contributed by atoms with Gasteiger partial charge in [-0.15, -0.1) is 0 Å². The van der Waals surface area contributed by atoms with Crippen molar-refractivity contribution in [1.82, 2.24) is 0 Å². The zero-order valence-electron chi connectivity index (χ0n) is 8.90. The number of aliphatic hydroxyl groups is 1. The Balaban J connectivity index is 2.33. The molecule has 0 saturated heterocycles. The van der Waals surface area contributed by atoms with Crippen LogP contribution in [0, 0.1) is 0 Å². The van der Waals surface area contributed by atoms with Crippen molar-refractivity contribution in [3.05, 3.63) is 48.0 Å². The summed E-state index contributed by atoms with van der Waals surface area (Å²) in [6.07, 6.45) is 5.89. The molecule has 0 bridgehead atoms. The number of aryl methyl sites for hydroxylation is 1. The van der Waals surface area contributed by atoms with E-state index in [-0.39, 0.29) is 0 Å². The number of hydrogen-bond acceptors (Lipinski definition) is 1. The van der Waals surface area contributed by atoms with Crippen LogP contribution >= 0.6 is 0 Å². The van der Waals surface area contributed by atoms with Crippen molar-refractivity contribution in [2.24, 2.45) is 0 Å². The molecule has 0 radical (unpaired) electrons. The van der Waals surface area contributed by atoms with Crippen LogP contribution in [0.25, 0.3) is 0 Å². The first kappa shape index (κ1) is 11.0. The minimum absolute atomic E-state index is 0.684. The van der Waals surface area contributed by atoms with Crippen molar-refractivity contribution in [3.8, 4) is 0 Å². The van der Waals surface area contributed by atoms with Crippen molar-refractivity contribution >= 4 is 0 Å². The third-order valence-electron chi connectivity index (χ3n) is 1.97. The van der Waals surface area contributed by atoms with Gasteiger partial charge >= 0.3 is 0 Å². The van der Waals surface area contributed by atoms with Crippen molar-refractivity contribution in [2.45, 2.75) is 32.3 Å². The average molecular weight is 190 g/mol. The van der Waals surface area contributed by atoms with E-state index in [0.29, 0.717) is 0 Å². The highest BCUT2D eigenvalue weighted by atomic mass is 16.3. The summed E-state index contributed by atoms with van der Waals surface area (Å²) < 4.78 is 0. The van der Waals surface area contributed by atoms with Gasteiger partial charge in [-0.1, -0.05) is 42.5 Å². The normalized spacial score (nSPS) is 12.2. The van der Waals surface area contributed by atoms with Gasteiger partial charge < -0.3 is 5.11 Å². The lowest BCUT2D eigenvalue weighted by Gasteiger charge is -2.09. The average Bonchev–Trinajstić information content (AvgIpc) is 2.13. The van der Waals surface area contributed by atoms with Crippen molar-refractivity contribution in [2.75, 3.05) is 0 Å². The Morgan fingerprint density at radius 1 is 1.21 bits per heavy atom. The molecule has 0 fully saturated rings. The van der Waals surface area contributed by atoms with Crippen LogP contribution in [0.4, 0.5) is 0 Å². The van der Waals surface area contributed by atoms with Gasteiger partial charge in [0.15, 0.2) is 0 Å². The molecule has 1 nitrogen and oxygen atoms in total. The number of benzene rings is 1. The van der Waals surface area contributed by atoms with Crippen molar-refractivity contribution in [3.63, 3.8) is 0 Å². The van der Waals surface area contributed by atoms with Gasteiger partial charge in [-0.25, -0.2) is 0 Å². The van der Waals surface area contributed by atoms with E-state index in [1.54, 1.807) is 13.8 Å². The van der Waals surface area contributed by atoms with Crippen LogP contribution in [-0.2, 0) is 6.42 Å². The Labute approximate surface area is 86.1 Å². The molecule has 0 atom stereocenters. The van der Waals surface area contributed by atoms with E-state index >= 15 is 0 Å². The maximum absolute atomic E-state index is 9.43. The van der Waals surface area contributed by atoms with E-state index in [9.17, 15) is 5.11 Å². The minimum Gasteiger partial charge on any atom is -0.386 e. The third kappa shape index (κ3) is 4.83. The number of hydrogen-bond donors (Lipinski definition) is 1.